The van der Waals surface area contributed by atoms with E-state index in [-0.39, 0.29) is 17.1 Å². The summed E-state index contributed by atoms with van der Waals surface area (Å²) >= 11 is 0. The second kappa shape index (κ2) is 9.55. The van der Waals surface area contributed by atoms with Crippen LogP contribution in [0.15, 0.2) is 36.4 Å². The lowest BCUT2D eigenvalue weighted by molar-refractivity contribution is -0.171. The molecule has 0 saturated carbocycles. The number of aryl methyl sites for hydroxylation is 2. The summed E-state index contributed by atoms with van der Waals surface area (Å²) in [5, 5.41) is 0. The van der Waals surface area contributed by atoms with Crippen LogP contribution in [0.4, 0.5) is 4.39 Å². The summed E-state index contributed by atoms with van der Waals surface area (Å²) in [6, 6.07) is 7.79. The molecule has 0 spiro atoms. The fourth-order valence-corrected chi connectivity index (χ4v) is 3.03. The third kappa shape index (κ3) is 6.42. The molecule has 0 fully saturated rings. The normalized spacial score (nSPS) is 12.0. The number of esters is 1. The third-order valence-electron chi connectivity index (χ3n) is 4.59. The van der Waals surface area contributed by atoms with Gasteiger partial charge in [-0.2, -0.15) is 0 Å². The average molecular weight is 443 g/mol. The smallest absolute Gasteiger partial charge is 0.350 e. The van der Waals surface area contributed by atoms with Gasteiger partial charge in [0.25, 0.3) is 0 Å². The molecule has 0 aliphatic rings. The molecule has 0 amide bonds. The number of ether oxygens (including phenoxy) is 3. The van der Waals surface area contributed by atoms with Crippen LogP contribution in [-0.4, -0.2) is 30.1 Å². The molecule has 0 saturated heterocycles. The molecular formula is C26H31FO5. The van der Waals surface area contributed by atoms with E-state index in [2.05, 4.69) is 0 Å². The van der Waals surface area contributed by atoms with Gasteiger partial charge in [0.05, 0.1) is 7.11 Å². The Labute approximate surface area is 189 Å². The monoisotopic (exact) mass is 442 g/mol. The van der Waals surface area contributed by atoms with Gasteiger partial charge in [-0.3, -0.25) is 4.79 Å². The van der Waals surface area contributed by atoms with E-state index in [4.69, 9.17) is 14.2 Å². The maximum absolute atomic E-state index is 13.9. The van der Waals surface area contributed by atoms with Crippen molar-refractivity contribution < 1.29 is 28.2 Å². The predicted molar refractivity (Wildman–Crippen MR) is 123 cm³/mol. The Kier molecular flexibility index (Phi) is 7.50. The van der Waals surface area contributed by atoms with Crippen molar-refractivity contribution in [2.24, 2.45) is 0 Å². The predicted octanol–water partition coefficient (Wildman–Crippen LogP) is 5.85. The lowest BCUT2D eigenvalue weighted by Gasteiger charge is -2.30. The SMILES string of the molecule is COc1ccc(C(=O)/C=C/c2cc(C)c(OC(C)(C)C(=O)OC(C)(C)C)c(C)c2)cc1F. The number of hydrogen-bond acceptors (Lipinski definition) is 5. The molecule has 0 radical (unpaired) electrons. The minimum atomic E-state index is -1.17. The van der Waals surface area contributed by atoms with Crippen LogP contribution in [0.5, 0.6) is 11.5 Å². The zero-order chi connectivity index (χ0) is 24.3. The first-order valence-electron chi connectivity index (χ1n) is 10.3. The fourth-order valence-electron chi connectivity index (χ4n) is 3.03. The second-order valence-corrected chi connectivity index (χ2v) is 9.14. The number of ketones is 1. The van der Waals surface area contributed by atoms with Crippen LogP contribution in [0.3, 0.4) is 0 Å². The lowest BCUT2D eigenvalue weighted by Crippen LogP contribution is -2.43. The zero-order valence-corrected chi connectivity index (χ0v) is 20.0. The zero-order valence-electron chi connectivity index (χ0n) is 20.0. The van der Waals surface area contributed by atoms with Crippen molar-refractivity contribution >= 4 is 17.8 Å². The molecule has 0 bridgehead atoms. The second-order valence-electron chi connectivity index (χ2n) is 9.14. The minimum Gasteiger partial charge on any atom is -0.494 e. The van der Waals surface area contributed by atoms with Crippen molar-refractivity contribution in [3.05, 3.63) is 64.5 Å². The van der Waals surface area contributed by atoms with Crippen molar-refractivity contribution in [2.45, 2.75) is 59.7 Å². The van der Waals surface area contributed by atoms with Crippen LogP contribution in [0.25, 0.3) is 6.08 Å². The topological polar surface area (TPSA) is 61.8 Å². The van der Waals surface area contributed by atoms with Gasteiger partial charge < -0.3 is 14.2 Å². The summed E-state index contributed by atoms with van der Waals surface area (Å²) in [7, 11) is 1.37. The van der Waals surface area contributed by atoms with E-state index in [9.17, 15) is 14.0 Å². The van der Waals surface area contributed by atoms with E-state index in [1.54, 1.807) is 40.7 Å². The Morgan fingerprint density at radius 2 is 1.56 bits per heavy atom. The summed E-state index contributed by atoms with van der Waals surface area (Å²) in [5.41, 5.74) is 0.843. The number of methoxy groups -OCH3 is 1. The van der Waals surface area contributed by atoms with Crippen LogP contribution in [0.2, 0.25) is 0 Å². The lowest BCUT2D eigenvalue weighted by atomic mass is 10.0. The van der Waals surface area contributed by atoms with E-state index < -0.39 is 23.0 Å². The van der Waals surface area contributed by atoms with E-state index in [1.807, 2.05) is 26.0 Å². The minimum absolute atomic E-state index is 0.0849. The Bertz CT molecular complexity index is 1020. The number of allylic oxidation sites excluding steroid dienone is 1. The van der Waals surface area contributed by atoms with E-state index in [0.717, 1.165) is 22.8 Å². The molecule has 0 N–H and O–H groups in total. The third-order valence-corrected chi connectivity index (χ3v) is 4.59. The molecular weight excluding hydrogens is 411 g/mol. The van der Waals surface area contributed by atoms with Crippen molar-refractivity contribution in [2.75, 3.05) is 7.11 Å². The molecule has 0 aliphatic carbocycles. The van der Waals surface area contributed by atoms with Gasteiger partial charge in [-0.05, 0) is 102 Å². The van der Waals surface area contributed by atoms with Crippen molar-refractivity contribution in [3.8, 4) is 11.5 Å². The standard InChI is InChI=1S/C26H31FO5/c1-16-13-18(9-11-21(28)19-10-12-22(30-8)20(27)15-19)14-17(2)23(16)31-26(6,7)24(29)32-25(3,4)5/h9-15H,1-8H3/b11-9+. The summed E-state index contributed by atoms with van der Waals surface area (Å²) in [6.45, 7) is 12.5. The number of halogens is 1. The van der Waals surface area contributed by atoms with Crippen LogP contribution in [-0.2, 0) is 9.53 Å². The van der Waals surface area contributed by atoms with Crippen LogP contribution in [0, 0.1) is 19.7 Å². The Hall–Kier alpha value is -3.15. The average Bonchev–Trinajstić information content (AvgIpc) is 2.67. The van der Waals surface area contributed by atoms with E-state index >= 15 is 0 Å². The number of hydrogen-bond donors (Lipinski definition) is 0. The Balaban J connectivity index is 2.21. The molecule has 0 aliphatic heterocycles. The van der Waals surface area contributed by atoms with Crippen LogP contribution >= 0.6 is 0 Å². The van der Waals surface area contributed by atoms with Gasteiger partial charge in [0.2, 0.25) is 0 Å². The Morgan fingerprint density at radius 3 is 2.06 bits per heavy atom. The van der Waals surface area contributed by atoms with Crippen molar-refractivity contribution in [3.63, 3.8) is 0 Å². The number of benzene rings is 2. The Morgan fingerprint density at radius 1 is 0.969 bits per heavy atom. The van der Waals surface area contributed by atoms with Crippen LogP contribution in [0.1, 0.15) is 61.7 Å². The van der Waals surface area contributed by atoms with Crippen molar-refractivity contribution in [1.29, 1.82) is 0 Å². The van der Waals surface area contributed by atoms with Gasteiger partial charge in [-0.25, -0.2) is 9.18 Å². The number of carbonyl (C=O) groups is 2. The molecule has 2 aromatic rings. The van der Waals surface area contributed by atoms with E-state index in [1.165, 1.54) is 25.3 Å². The van der Waals surface area contributed by atoms with Gasteiger partial charge in [0.15, 0.2) is 23.0 Å². The van der Waals surface area contributed by atoms with Gasteiger partial charge in [-0.15, -0.1) is 0 Å². The summed E-state index contributed by atoms with van der Waals surface area (Å²) in [6.07, 6.45) is 3.05. The van der Waals surface area contributed by atoms with Gasteiger partial charge in [-0.1, -0.05) is 6.08 Å². The maximum atomic E-state index is 13.9. The number of carbonyl (C=O) groups excluding carboxylic acids is 2. The fraction of sp³-hybridized carbons (Fsp3) is 0.385. The molecule has 6 heteroatoms. The largest absolute Gasteiger partial charge is 0.494 e. The molecule has 2 rings (SSSR count). The van der Waals surface area contributed by atoms with Gasteiger partial charge in [0.1, 0.15) is 11.4 Å². The summed E-state index contributed by atoms with van der Waals surface area (Å²) in [5.74, 6) is -0.700. The molecule has 0 atom stereocenters. The first-order chi connectivity index (χ1) is 14.7. The maximum Gasteiger partial charge on any atom is 0.350 e. The first-order valence-corrected chi connectivity index (χ1v) is 10.3. The highest BCUT2D eigenvalue weighted by atomic mass is 19.1. The number of rotatable bonds is 7. The van der Waals surface area contributed by atoms with E-state index in [0.29, 0.717) is 5.75 Å². The van der Waals surface area contributed by atoms with Gasteiger partial charge in [0, 0.05) is 5.56 Å². The molecule has 0 heterocycles. The molecule has 32 heavy (non-hydrogen) atoms. The molecule has 2 aromatic carbocycles. The molecule has 0 unspecified atom stereocenters. The summed E-state index contributed by atoms with van der Waals surface area (Å²) in [4.78, 5) is 24.9. The molecule has 172 valence electrons. The highest BCUT2D eigenvalue weighted by molar-refractivity contribution is 6.06. The first kappa shape index (κ1) is 25.1. The molecule has 0 aromatic heterocycles. The quantitative estimate of drug-likeness (QED) is 0.306. The molecule has 5 nitrogen and oxygen atoms in total. The highest BCUT2D eigenvalue weighted by Crippen LogP contribution is 2.30. The van der Waals surface area contributed by atoms with Crippen molar-refractivity contribution in [1.82, 2.24) is 0 Å². The van der Waals surface area contributed by atoms with Crippen LogP contribution < -0.4 is 9.47 Å². The van der Waals surface area contributed by atoms with Gasteiger partial charge >= 0.3 is 5.97 Å². The highest BCUT2D eigenvalue weighted by Gasteiger charge is 2.35. The summed E-state index contributed by atoms with van der Waals surface area (Å²) < 4.78 is 30.2.